The number of hydrogen-bond acceptors (Lipinski definition) is 3. The molecule has 108 valence electrons. The van der Waals surface area contributed by atoms with Crippen molar-refractivity contribution in [1.82, 2.24) is 5.32 Å². The zero-order chi connectivity index (χ0) is 14.2. The lowest BCUT2D eigenvalue weighted by Crippen LogP contribution is -2.51. The third kappa shape index (κ3) is 2.38. The Morgan fingerprint density at radius 1 is 1.50 bits per heavy atom. The first-order valence-corrected chi connectivity index (χ1v) is 7.29. The lowest BCUT2D eigenvalue weighted by Gasteiger charge is -2.41. The number of carbonyl (C=O) groups excluding carboxylic acids is 1. The van der Waals surface area contributed by atoms with Gasteiger partial charge in [0.25, 0.3) is 0 Å². The summed E-state index contributed by atoms with van der Waals surface area (Å²) in [6.07, 6.45) is 1.01. The quantitative estimate of drug-likeness (QED) is 0.927. The molecule has 5 heteroatoms. The average molecular weight is 296 g/mol. The second-order valence-corrected chi connectivity index (χ2v) is 6.05. The van der Waals surface area contributed by atoms with Crippen LogP contribution in [0.2, 0.25) is 5.02 Å². The predicted molar refractivity (Wildman–Crippen MR) is 76.2 cm³/mol. The van der Waals surface area contributed by atoms with Crippen LogP contribution >= 0.6 is 11.6 Å². The Morgan fingerprint density at radius 2 is 2.30 bits per heavy atom. The lowest BCUT2D eigenvalue weighted by atomic mass is 9.83. The molecule has 1 unspecified atom stereocenters. The first kappa shape index (κ1) is 13.7. The van der Waals surface area contributed by atoms with Gasteiger partial charge in [-0.2, -0.15) is 0 Å². The number of fused-ring (bicyclic) bond motifs is 1. The molecule has 3 rings (SSSR count). The van der Waals surface area contributed by atoms with Crippen molar-refractivity contribution in [1.29, 1.82) is 0 Å². The van der Waals surface area contributed by atoms with Crippen LogP contribution < -0.4 is 10.1 Å². The van der Waals surface area contributed by atoms with Crippen molar-refractivity contribution < 1.29 is 14.3 Å². The molecule has 0 saturated carbocycles. The fourth-order valence-corrected chi connectivity index (χ4v) is 2.80. The van der Waals surface area contributed by atoms with Crippen LogP contribution in [0.4, 0.5) is 0 Å². The molecule has 0 bridgehead atoms. The summed E-state index contributed by atoms with van der Waals surface area (Å²) in [7, 11) is 0. The van der Waals surface area contributed by atoms with Crippen molar-refractivity contribution in [2.75, 3.05) is 26.4 Å². The number of halogens is 1. The smallest absolute Gasteiger partial charge is 0.231 e. The van der Waals surface area contributed by atoms with Crippen molar-refractivity contribution in [3.8, 4) is 5.75 Å². The molecule has 0 radical (unpaired) electrons. The lowest BCUT2D eigenvalue weighted by molar-refractivity contribution is -0.131. The molecule has 1 amide bonds. The van der Waals surface area contributed by atoms with Gasteiger partial charge in [-0.25, -0.2) is 0 Å². The van der Waals surface area contributed by atoms with Crippen molar-refractivity contribution in [2.45, 2.75) is 19.3 Å². The van der Waals surface area contributed by atoms with E-state index in [0.29, 0.717) is 18.2 Å². The predicted octanol–water partition coefficient (Wildman–Crippen LogP) is 2.36. The Bertz CT molecular complexity index is 522. The van der Waals surface area contributed by atoms with E-state index in [-0.39, 0.29) is 17.2 Å². The number of rotatable bonds is 4. The minimum absolute atomic E-state index is 0.00532. The van der Waals surface area contributed by atoms with Crippen LogP contribution in [-0.4, -0.2) is 32.3 Å². The third-order valence-corrected chi connectivity index (χ3v) is 4.51. The van der Waals surface area contributed by atoms with Crippen LogP contribution in [0.1, 0.15) is 24.8 Å². The Balaban J connectivity index is 1.66. The van der Waals surface area contributed by atoms with Crippen LogP contribution in [0.5, 0.6) is 5.75 Å². The van der Waals surface area contributed by atoms with E-state index in [0.717, 1.165) is 30.9 Å². The number of carbonyl (C=O) groups is 1. The van der Waals surface area contributed by atoms with Gasteiger partial charge in [0.15, 0.2) is 0 Å². The molecule has 1 aromatic carbocycles. The van der Waals surface area contributed by atoms with E-state index in [4.69, 9.17) is 21.1 Å². The molecule has 0 spiro atoms. The van der Waals surface area contributed by atoms with Crippen molar-refractivity contribution in [2.24, 2.45) is 5.41 Å². The number of benzene rings is 1. The van der Waals surface area contributed by atoms with Crippen LogP contribution in [0.25, 0.3) is 0 Å². The second kappa shape index (κ2) is 5.26. The molecular formula is C15H18ClNO3. The fourth-order valence-electron chi connectivity index (χ4n) is 2.62. The molecule has 0 aliphatic carbocycles. The number of hydrogen-bond donors (Lipinski definition) is 1. The van der Waals surface area contributed by atoms with Gasteiger partial charge < -0.3 is 14.8 Å². The first-order chi connectivity index (χ1) is 9.63. The maximum absolute atomic E-state index is 12.3. The summed E-state index contributed by atoms with van der Waals surface area (Å²) in [6, 6.07) is 5.41. The van der Waals surface area contributed by atoms with Gasteiger partial charge in [0.05, 0.1) is 13.2 Å². The van der Waals surface area contributed by atoms with E-state index in [2.05, 4.69) is 12.2 Å². The first-order valence-electron chi connectivity index (χ1n) is 6.91. The molecule has 1 atom stereocenters. The number of ether oxygens (including phenoxy) is 2. The van der Waals surface area contributed by atoms with Gasteiger partial charge in [-0.05, 0) is 24.6 Å². The Labute approximate surface area is 123 Å². The van der Waals surface area contributed by atoms with E-state index >= 15 is 0 Å². The number of amides is 1. The van der Waals surface area contributed by atoms with E-state index in [9.17, 15) is 4.79 Å². The van der Waals surface area contributed by atoms with Crippen molar-refractivity contribution >= 4 is 17.5 Å². The SMILES string of the molecule is CCC1(CNC(=O)C2COc3ccc(Cl)cc32)COC1. The highest BCUT2D eigenvalue weighted by Gasteiger charge is 2.38. The Hall–Kier alpha value is -1.26. The molecule has 2 aliphatic rings. The van der Waals surface area contributed by atoms with Gasteiger partial charge >= 0.3 is 0 Å². The summed E-state index contributed by atoms with van der Waals surface area (Å²) >= 11 is 5.99. The topological polar surface area (TPSA) is 47.6 Å². The summed E-state index contributed by atoms with van der Waals surface area (Å²) in [5.74, 6) is 0.496. The third-order valence-electron chi connectivity index (χ3n) is 4.27. The average Bonchev–Trinajstić information content (AvgIpc) is 2.80. The molecule has 1 fully saturated rings. The highest BCUT2D eigenvalue weighted by molar-refractivity contribution is 6.30. The fraction of sp³-hybridized carbons (Fsp3) is 0.533. The van der Waals surface area contributed by atoms with Crippen molar-refractivity contribution in [3.63, 3.8) is 0 Å². The number of nitrogens with one attached hydrogen (secondary N) is 1. The Morgan fingerprint density at radius 3 is 2.95 bits per heavy atom. The molecule has 1 aromatic rings. The summed E-state index contributed by atoms with van der Waals surface area (Å²) in [5, 5.41) is 3.67. The van der Waals surface area contributed by atoms with Crippen LogP contribution in [-0.2, 0) is 9.53 Å². The van der Waals surface area contributed by atoms with Crippen LogP contribution in [0.15, 0.2) is 18.2 Å². The second-order valence-electron chi connectivity index (χ2n) is 5.61. The molecule has 20 heavy (non-hydrogen) atoms. The minimum atomic E-state index is -0.265. The maximum atomic E-state index is 12.3. The maximum Gasteiger partial charge on any atom is 0.231 e. The minimum Gasteiger partial charge on any atom is -0.492 e. The largest absolute Gasteiger partial charge is 0.492 e. The summed E-state index contributed by atoms with van der Waals surface area (Å²) < 4.78 is 10.8. The zero-order valence-electron chi connectivity index (χ0n) is 11.4. The van der Waals surface area contributed by atoms with Crippen molar-refractivity contribution in [3.05, 3.63) is 28.8 Å². The highest BCUT2D eigenvalue weighted by Crippen LogP contribution is 2.36. The molecule has 1 N–H and O–H groups in total. The van der Waals surface area contributed by atoms with Crippen LogP contribution in [0.3, 0.4) is 0 Å². The van der Waals surface area contributed by atoms with Gasteiger partial charge in [0.2, 0.25) is 5.91 Å². The normalized spacial score (nSPS) is 22.6. The van der Waals surface area contributed by atoms with Crippen LogP contribution in [0, 0.1) is 5.41 Å². The van der Waals surface area contributed by atoms with E-state index < -0.39 is 0 Å². The highest BCUT2D eigenvalue weighted by atomic mass is 35.5. The molecule has 0 aromatic heterocycles. The van der Waals surface area contributed by atoms with Gasteiger partial charge in [-0.1, -0.05) is 18.5 Å². The van der Waals surface area contributed by atoms with Gasteiger partial charge in [0.1, 0.15) is 18.3 Å². The molecular weight excluding hydrogens is 278 g/mol. The molecule has 2 aliphatic heterocycles. The van der Waals surface area contributed by atoms with E-state index in [1.54, 1.807) is 6.07 Å². The van der Waals surface area contributed by atoms with Gasteiger partial charge in [-0.15, -0.1) is 0 Å². The molecule has 1 saturated heterocycles. The summed E-state index contributed by atoms with van der Waals surface area (Å²) in [6.45, 7) is 4.63. The van der Waals surface area contributed by atoms with Gasteiger partial charge in [-0.3, -0.25) is 4.79 Å². The molecule has 2 heterocycles. The standard InChI is InChI=1S/C15H18ClNO3/c1-2-15(8-19-9-15)7-17-14(18)12-6-20-13-4-3-10(16)5-11(12)13/h3-5,12H,2,6-9H2,1H3,(H,17,18). The molecule has 4 nitrogen and oxygen atoms in total. The van der Waals surface area contributed by atoms with Gasteiger partial charge in [0, 0.05) is 22.5 Å². The summed E-state index contributed by atoms with van der Waals surface area (Å²) in [4.78, 5) is 12.3. The zero-order valence-corrected chi connectivity index (χ0v) is 12.2. The van der Waals surface area contributed by atoms with E-state index in [1.807, 2.05) is 12.1 Å². The Kier molecular flexibility index (Phi) is 3.61. The monoisotopic (exact) mass is 295 g/mol. The summed E-state index contributed by atoms with van der Waals surface area (Å²) in [5.41, 5.74) is 0.997. The van der Waals surface area contributed by atoms with E-state index in [1.165, 1.54) is 0 Å².